The molecule has 0 radical (unpaired) electrons. The van der Waals surface area contributed by atoms with Gasteiger partial charge in [0.15, 0.2) is 0 Å². The first-order valence-corrected chi connectivity index (χ1v) is 9.21. The van der Waals surface area contributed by atoms with E-state index >= 15 is 0 Å². The number of nitro benzene ring substituents is 1. The number of morpholine rings is 1. The van der Waals surface area contributed by atoms with E-state index in [-0.39, 0.29) is 11.3 Å². The summed E-state index contributed by atoms with van der Waals surface area (Å²) in [5, 5.41) is 23.6. The van der Waals surface area contributed by atoms with Crippen molar-refractivity contribution >= 4 is 29.0 Å². The number of rotatable bonds is 6. The van der Waals surface area contributed by atoms with Gasteiger partial charge >= 0.3 is 0 Å². The summed E-state index contributed by atoms with van der Waals surface area (Å²) in [4.78, 5) is 25.5. The van der Waals surface area contributed by atoms with Gasteiger partial charge in [0, 0.05) is 19.2 Å². The van der Waals surface area contributed by atoms with Crippen LogP contribution in [0.4, 0.5) is 17.1 Å². The minimum atomic E-state index is -0.637. The smallest absolute Gasteiger partial charge is 0.293 e. The molecule has 0 aliphatic carbocycles. The van der Waals surface area contributed by atoms with Crippen LogP contribution >= 0.6 is 0 Å². The Kier molecular flexibility index (Phi) is 6.62. The molecule has 9 nitrogen and oxygen atoms in total. The van der Waals surface area contributed by atoms with Gasteiger partial charge in [-0.25, -0.2) is 0 Å². The van der Waals surface area contributed by atoms with E-state index in [0.29, 0.717) is 49.0 Å². The molecule has 2 aromatic rings. The van der Waals surface area contributed by atoms with Gasteiger partial charge in [-0.1, -0.05) is 18.2 Å². The second kappa shape index (κ2) is 9.54. The van der Waals surface area contributed by atoms with Crippen molar-refractivity contribution in [3.8, 4) is 11.8 Å². The maximum absolute atomic E-state index is 12.5. The van der Waals surface area contributed by atoms with Gasteiger partial charge in [-0.05, 0) is 29.8 Å². The molecule has 0 spiro atoms. The topological polar surface area (TPSA) is 118 Å². The van der Waals surface area contributed by atoms with Gasteiger partial charge in [0.25, 0.3) is 11.6 Å². The lowest BCUT2D eigenvalue weighted by molar-refractivity contribution is -0.384. The van der Waals surface area contributed by atoms with Crippen molar-refractivity contribution in [3.05, 3.63) is 63.7 Å². The molecule has 1 fully saturated rings. The third-order valence-corrected chi connectivity index (χ3v) is 4.58. The van der Waals surface area contributed by atoms with Crippen LogP contribution < -0.4 is 15.0 Å². The van der Waals surface area contributed by atoms with Crippen molar-refractivity contribution in [2.75, 3.05) is 43.6 Å². The van der Waals surface area contributed by atoms with E-state index in [2.05, 4.69) is 5.32 Å². The summed E-state index contributed by atoms with van der Waals surface area (Å²) in [7, 11) is 1.47. The van der Waals surface area contributed by atoms with Crippen LogP contribution in [0.3, 0.4) is 0 Å². The van der Waals surface area contributed by atoms with Crippen molar-refractivity contribution in [1.29, 1.82) is 5.26 Å². The Balaban J connectivity index is 1.87. The number of amides is 1. The highest BCUT2D eigenvalue weighted by Gasteiger charge is 2.22. The first kappa shape index (κ1) is 20.8. The standard InChI is InChI=1S/C21H20N4O5/c1-29-20-5-3-2-4-17(20)23-21(26)16(14-22)12-15-6-7-18(19(13-15)25(27)28)24-8-10-30-11-9-24/h2-7,12-13H,8-11H2,1H3,(H,23,26). The average molecular weight is 408 g/mol. The predicted molar refractivity (Wildman–Crippen MR) is 111 cm³/mol. The maximum atomic E-state index is 12.5. The Bertz CT molecular complexity index is 1020. The molecule has 154 valence electrons. The van der Waals surface area contributed by atoms with Crippen molar-refractivity contribution in [2.45, 2.75) is 0 Å². The molecule has 9 heteroatoms. The van der Waals surface area contributed by atoms with Gasteiger partial charge in [-0.2, -0.15) is 5.26 Å². The third kappa shape index (κ3) is 4.74. The molecule has 1 aliphatic heterocycles. The highest BCUT2D eigenvalue weighted by atomic mass is 16.6. The van der Waals surface area contributed by atoms with Crippen molar-refractivity contribution in [3.63, 3.8) is 0 Å². The van der Waals surface area contributed by atoms with Crippen molar-refractivity contribution in [1.82, 2.24) is 0 Å². The minimum absolute atomic E-state index is 0.0897. The number of ether oxygens (including phenoxy) is 2. The number of benzene rings is 2. The molecule has 30 heavy (non-hydrogen) atoms. The number of nitrogens with one attached hydrogen (secondary N) is 1. The van der Waals surface area contributed by atoms with Gasteiger partial charge in [-0.15, -0.1) is 0 Å². The summed E-state index contributed by atoms with van der Waals surface area (Å²) in [6.45, 7) is 2.11. The van der Waals surface area contributed by atoms with Gasteiger partial charge < -0.3 is 19.7 Å². The molecule has 0 bridgehead atoms. The molecule has 1 saturated heterocycles. The molecular weight excluding hydrogens is 388 g/mol. The molecule has 0 atom stereocenters. The van der Waals surface area contributed by atoms with E-state index in [1.54, 1.807) is 36.4 Å². The first-order valence-electron chi connectivity index (χ1n) is 9.21. The lowest BCUT2D eigenvalue weighted by Gasteiger charge is -2.28. The molecule has 1 aliphatic rings. The normalized spacial score (nSPS) is 14.0. The zero-order valence-electron chi connectivity index (χ0n) is 16.3. The number of hydrogen-bond acceptors (Lipinski definition) is 7. The highest BCUT2D eigenvalue weighted by molar-refractivity contribution is 6.10. The van der Waals surface area contributed by atoms with Gasteiger partial charge in [0.05, 0.1) is 30.9 Å². The fraction of sp³-hybridized carbons (Fsp3) is 0.238. The number of methoxy groups -OCH3 is 1. The minimum Gasteiger partial charge on any atom is -0.495 e. The number of nitrogens with zero attached hydrogens (tertiary/aromatic N) is 3. The summed E-state index contributed by atoms with van der Waals surface area (Å²) >= 11 is 0. The van der Waals surface area contributed by atoms with Gasteiger partial charge in [-0.3, -0.25) is 14.9 Å². The lowest BCUT2D eigenvalue weighted by Crippen LogP contribution is -2.36. The van der Waals surface area contributed by atoms with Crippen molar-refractivity contribution < 1.29 is 19.2 Å². The lowest BCUT2D eigenvalue weighted by atomic mass is 10.1. The number of carbonyl (C=O) groups excluding carboxylic acids is 1. The second-order valence-corrected chi connectivity index (χ2v) is 6.43. The fourth-order valence-electron chi connectivity index (χ4n) is 3.10. The summed E-state index contributed by atoms with van der Waals surface area (Å²) in [6, 6.07) is 13.3. The molecule has 0 aromatic heterocycles. The van der Waals surface area contributed by atoms with E-state index in [9.17, 15) is 20.2 Å². The van der Waals surface area contributed by atoms with E-state index in [1.165, 1.54) is 19.3 Å². The van der Waals surface area contributed by atoms with Crippen LogP contribution in [0, 0.1) is 21.4 Å². The average Bonchev–Trinajstić information content (AvgIpc) is 2.78. The Morgan fingerprint density at radius 2 is 2.03 bits per heavy atom. The Morgan fingerprint density at radius 3 is 2.70 bits per heavy atom. The zero-order chi connectivity index (χ0) is 21.5. The van der Waals surface area contributed by atoms with E-state index in [0.717, 1.165) is 0 Å². The second-order valence-electron chi connectivity index (χ2n) is 6.43. The molecule has 1 heterocycles. The van der Waals surface area contributed by atoms with Crippen LogP contribution in [0.25, 0.3) is 6.08 Å². The van der Waals surface area contributed by atoms with Gasteiger partial charge in [0.1, 0.15) is 23.1 Å². The maximum Gasteiger partial charge on any atom is 0.293 e. The first-order chi connectivity index (χ1) is 14.5. The predicted octanol–water partition coefficient (Wildman–Crippen LogP) is 2.99. The highest BCUT2D eigenvalue weighted by Crippen LogP contribution is 2.31. The molecule has 0 unspecified atom stereocenters. The molecule has 0 saturated carbocycles. The summed E-state index contributed by atoms with van der Waals surface area (Å²) < 4.78 is 10.5. The Morgan fingerprint density at radius 1 is 1.30 bits per heavy atom. The molecule has 1 amide bonds. The molecular formula is C21H20N4O5. The number of para-hydroxylation sites is 2. The van der Waals surface area contributed by atoms with E-state index in [1.807, 2.05) is 11.0 Å². The number of anilines is 2. The van der Waals surface area contributed by atoms with Crippen LogP contribution in [-0.4, -0.2) is 44.2 Å². The van der Waals surface area contributed by atoms with E-state index in [4.69, 9.17) is 9.47 Å². The quantitative estimate of drug-likeness (QED) is 0.338. The number of nitro groups is 1. The van der Waals surface area contributed by atoms with Gasteiger partial charge in [0.2, 0.25) is 0 Å². The Hall–Kier alpha value is -3.90. The van der Waals surface area contributed by atoms with Crippen molar-refractivity contribution in [2.24, 2.45) is 0 Å². The van der Waals surface area contributed by atoms with Crippen LogP contribution in [0.15, 0.2) is 48.0 Å². The summed E-state index contributed by atoms with van der Waals surface area (Å²) in [6.07, 6.45) is 1.32. The molecule has 3 rings (SSSR count). The van der Waals surface area contributed by atoms with Crippen LogP contribution in [-0.2, 0) is 9.53 Å². The number of hydrogen-bond donors (Lipinski definition) is 1. The zero-order valence-corrected chi connectivity index (χ0v) is 16.3. The van der Waals surface area contributed by atoms with Crippen LogP contribution in [0.1, 0.15) is 5.56 Å². The van der Waals surface area contributed by atoms with Crippen LogP contribution in [0.2, 0.25) is 0 Å². The Labute approximate surface area is 173 Å². The SMILES string of the molecule is COc1ccccc1NC(=O)C(C#N)=Cc1ccc(N2CCOCC2)c([N+](=O)[O-])c1. The van der Waals surface area contributed by atoms with Crippen LogP contribution in [0.5, 0.6) is 5.75 Å². The molecule has 2 aromatic carbocycles. The molecule has 1 N–H and O–H groups in total. The monoisotopic (exact) mass is 408 g/mol. The summed E-state index contributed by atoms with van der Waals surface area (Å²) in [5.74, 6) is -0.185. The number of carbonyl (C=O) groups is 1. The third-order valence-electron chi connectivity index (χ3n) is 4.58. The number of nitriles is 1. The fourth-order valence-corrected chi connectivity index (χ4v) is 3.10. The summed E-state index contributed by atoms with van der Waals surface area (Å²) in [5.41, 5.74) is 1.00. The largest absolute Gasteiger partial charge is 0.495 e. The van der Waals surface area contributed by atoms with E-state index < -0.39 is 10.8 Å².